The van der Waals surface area contributed by atoms with Gasteiger partial charge in [-0.05, 0) is 26.8 Å². The number of aliphatic carboxylic acids is 1. The molecule has 0 aliphatic carbocycles. The molecular weight excluding hydrogens is 196 g/mol. The monoisotopic (exact) mass is 214 g/mol. The SMILES string of the molecule is CC(C(=O)O)N(C)CC(=O)N1CCCC1. The van der Waals surface area contributed by atoms with Crippen molar-refractivity contribution in [1.82, 2.24) is 9.80 Å². The number of likely N-dealkylation sites (tertiary alicyclic amines) is 1. The Morgan fingerprint density at radius 3 is 2.40 bits per heavy atom. The number of carbonyl (C=O) groups excluding carboxylic acids is 1. The number of carboxylic acids is 1. The van der Waals surface area contributed by atoms with E-state index in [1.807, 2.05) is 0 Å². The Hall–Kier alpha value is -1.10. The summed E-state index contributed by atoms with van der Waals surface area (Å²) in [7, 11) is 1.66. The number of hydrogen-bond acceptors (Lipinski definition) is 3. The first-order chi connectivity index (χ1) is 7.02. The predicted molar refractivity (Wildman–Crippen MR) is 55.5 cm³/mol. The Bertz CT molecular complexity index is 249. The Kier molecular flexibility index (Phi) is 4.08. The first-order valence-electron chi connectivity index (χ1n) is 5.23. The molecule has 15 heavy (non-hydrogen) atoms. The summed E-state index contributed by atoms with van der Waals surface area (Å²) >= 11 is 0. The smallest absolute Gasteiger partial charge is 0.320 e. The highest BCUT2D eigenvalue weighted by atomic mass is 16.4. The number of carboxylic acid groups (broad SMARTS) is 1. The Morgan fingerprint density at radius 1 is 1.40 bits per heavy atom. The fourth-order valence-corrected chi connectivity index (χ4v) is 1.61. The number of rotatable bonds is 4. The summed E-state index contributed by atoms with van der Waals surface area (Å²) in [4.78, 5) is 25.7. The number of likely N-dealkylation sites (N-methyl/N-ethyl adjacent to an activating group) is 1. The van der Waals surface area contributed by atoms with E-state index >= 15 is 0 Å². The minimum absolute atomic E-state index is 0.0306. The van der Waals surface area contributed by atoms with Crippen molar-refractivity contribution in [2.24, 2.45) is 0 Å². The average Bonchev–Trinajstić information content (AvgIpc) is 2.68. The molecule has 1 atom stereocenters. The van der Waals surface area contributed by atoms with E-state index in [1.54, 1.807) is 23.8 Å². The van der Waals surface area contributed by atoms with Crippen LogP contribution >= 0.6 is 0 Å². The van der Waals surface area contributed by atoms with Gasteiger partial charge in [0.05, 0.1) is 6.54 Å². The summed E-state index contributed by atoms with van der Waals surface area (Å²) in [5.74, 6) is -0.866. The van der Waals surface area contributed by atoms with Crippen molar-refractivity contribution in [1.29, 1.82) is 0 Å². The summed E-state index contributed by atoms with van der Waals surface area (Å²) in [5.41, 5.74) is 0. The van der Waals surface area contributed by atoms with Crippen LogP contribution in [0.4, 0.5) is 0 Å². The minimum atomic E-state index is -0.897. The van der Waals surface area contributed by atoms with Crippen LogP contribution < -0.4 is 0 Å². The fraction of sp³-hybridized carbons (Fsp3) is 0.800. The van der Waals surface area contributed by atoms with E-state index in [0.29, 0.717) is 0 Å². The zero-order chi connectivity index (χ0) is 11.4. The third-order valence-electron chi connectivity index (χ3n) is 2.86. The highest BCUT2D eigenvalue weighted by molar-refractivity contribution is 5.80. The first kappa shape index (κ1) is 12.0. The van der Waals surface area contributed by atoms with E-state index in [1.165, 1.54) is 0 Å². The molecule has 5 nitrogen and oxygen atoms in total. The van der Waals surface area contributed by atoms with Crippen LogP contribution in [0.3, 0.4) is 0 Å². The summed E-state index contributed by atoms with van der Waals surface area (Å²) in [6.07, 6.45) is 2.12. The van der Waals surface area contributed by atoms with Crippen LogP contribution in [0.15, 0.2) is 0 Å². The minimum Gasteiger partial charge on any atom is -0.480 e. The number of nitrogens with zero attached hydrogens (tertiary/aromatic N) is 2. The van der Waals surface area contributed by atoms with Crippen LogP contribution in [-0.2, 0) is 9.59 Å². The maximum absolute atomic E-state index is 11.7. The molecule has 0 aromatic rings. The molecule has 1 aliphatic rings. The van der Waals surface area contributed by atoms with Gasteiger partial charge in [-0.2, -0.15) is 0 Å². The lowest BCUT2D eigenvalue weighted by Gasteiger charge is -2.23. The van der Waals surface area contributed by atoms with Crippen LogP contribution in [0.5, 0.6) is 0 Å². The summed E-state index contributed by atoms with van der Waals surface area (Å²) < 4.78 is 0. The Morgan fingerprint density at radius 2 is 1.93 bits per heavy atom. The third-order valence-corrected chi connectivity index (χ3v) is 2.86. The van der Waals surface area contributed by atoms with Crippen LogP contribution in [0.1, 0.15) is 19.8 Å². The second-order valence-corrected chi connectivity index (χ2v) is 4.02. The molecule has 1 saturated heterocycles. The standard InChI is InChI=1S/C10H18N2O3/c1-8(10(14)15)11(2)7-9(13)12-5-3-4-6-12/h8H,3-7H2,1-2H3,(H,14,15). The van der Waals surface area contributed by atoms with Crippen LogP contribution in [-0.4, -0.2) is 59.5 Å². The van der Waals surface area contributed by atoms with Crippen molar-refractivity contribution in [3.05, 3.63) is 0 Å². The van der Waals surface area contributed by atoms with Gasteiger partial charge < -0.3 is 10.0 Å². The van der Waals surface area contributed by atoms with Gasteiger partial charge in [0.15, 0.2) is 0 Å². The van der Waals surface area contributed by atoms with Gasteiger partial charge in [-0.15, -0.1) is 0 Å². The second-order valence-electron chi connectivity index (χ2n) is 4.02. The van der Waals surface area contributed by atoms with Gasteiger partial charge in [-0.3, -0.25) is 14.5 Å². The Balaban J connectivity index is 2.39. The highest BCUT2D eigenvalue weighted by Crippen LogP contribution is 2.08. The molecule has 1 aliphatic heterocycles. The molecule has 0 bridgehead atoms. The van der Waals surface area contributed by atoms with Gasteiger partial charge in [0, 0.05) is 13.1 Å². The van der Waals surface area contributed by atoms with E-state index in [0.717, 1.165) is 25.9 Å². The van der Waals surface area contributed by atoms with Crippen LogP contribution in [0.2, 0.25) is 0 Å². The lowest BCUT2D eigenvalue weighted by molar-refractivity contribution is -0.143. The number of amides is 1. The molecule has 1 amide bonds. The van der Waals surface area contributed by atoms with E-state index in [-0.39, 0.29) is 12.5 Å². The topological polar surface area (TPSA) is 60.9 Å². The summed E-state index contributed by atoms with van der Waals surface area (Å²) in [6, 6.07) is -0.614. The quantitative estimate of drug-likeness (QED) is 0.716. The van der Waals surface area contributed by atoms with Crippen molar-refractivity contribution < 1.29 is 14.7 Å². The summed E-state index contributed by atoms with van der Waals surface area (Å²) in [6.45, 7) is 3.40. The van der Waals surface area contributed by atoms with Gasteiger partial charge in [0.25, 0.3) is 0 Å². The van der Waals surface area contributed by atoms with Gasteiger partial charge in [-0.1, -0.05) is 0 Å². The lowest BCUT2D eigenvalue weighted by Crippen LogP contribution is -2.43. The Labute approximate surface area is 89.7 Å². The highest BCUT2D eigenvalue weighted by Gasteiger charge is 2.23. The molecule has 86 valence electrons. The van der Waals surface area contributed by atoms with Gasteiger partial charge in [0.1, 0.15) is 6.04 Å². The largest absolute Gasteiger partial charge is 0.480 e. The predicted octanol–water partition coefficient (Wildman–Crippen LogP) is 0.0137. The molecule has 1 heterocycles. The molecular formula is C10H18N2O3. The zero-order valence-corrected chi connectivity index (χ0v) is 9.27. The van der Waals surface area contributed by atoms with Gasteiger partial charge in [-0.25, -0.2) is 0 Å². The summed E-state index contributed by atoms with van der Waals surface area (Å²) in [5, 5.41) is 8.76. The molecule has 0 spiro atoms. The van der Waals surface area contributed by atoms with Crippen molar-refractivity contribution >= 4 is 11.9 Å². The normalized spacial score (nSPS) is 18.2. The number of hydrogen-bond donors (Lipinski definition) is 1. The number of carbonyl (C=O) groups is 2. The second kappa shape index (κ2) is 5.11. The molecule has 0 radical (unpaired) electrons. The molecule has 1 unspecified atom stereocenters. The van der Waals surface area contributed by atoms with E-state index in [4.69, 9.17) is 5.11 Å². The lowest BCUT2D eigenvalue weighted by atomic mass is 10.3. The van der Waals surface area contributed by atoms with E-state index < -0.39 is 12.0 Å². The first-order valence-corrected chi connectivity index (χ1v) is 5.23. The molecule has 1 N–H and O–H groups in total. The average molecular weight is 214 g/mol. The molecule has 1 rings (SSSR count). The van der Waals surface area contributed by atoms with Crippen LogP contribution in [0, 0.1) is 0 Å². The van der Waals surface area contributed by atoms with Crippen molar-refractivity contribution in [2.75, 3.05) is 26.7 Å². The van der Waals surface area contributed by atoms with Crippen molar-refractivity contribution in [3.8, 4) is 0 Å². The maximum atomic E-state index is 11.7. The zero-order valence-electron chi connectivity index (χ0n) is 9.27. The fourth-order valence-electron chi connectivity index (χ4n) is 1.61. The van der Waals surface area contributed by atoms with Crippen molar-refractivity contribution in [3.63, 3.8) is 0 Å². The van der Waals surface area contributed by atoms with Gasteiger partial charge in [0.2, 0.25) is 5.91 Å². The third kappa shape index (κ3) is 3.20. The van der Waals surface area contributed by atoms with Crippen molar-refractivity contribution in [2.45, 2.75) is 25.8 Å². The molecule has 0 saturated carbocycles. The van der Waals surface area contributed by atoms with Gasteiger partial charge >= 0.3 is 5.97 Å². The van der Waals surface area contributed by atoms with E-state index in [2.05, 4.69) is 0 Å². The van der Waals surface area contributed by atoms with Crippen LogP contribution in [0.25, 0.3) is 0 Å². The molecule has 0 aromatic carbocycles. The molecule has 5 heteroatoms. The maximum Gasteiger partial charge on any atom is 0.320 e. The molecule has 0 aromatic heterocycles. The molecule has 1 fully saturated rings. The van der Waals surface area contributed by atoms with E-state index in [9.17, 15) is 9.59 Å².